The number of hydrogen-bond acceptors (Lipinski definition) is 5. The van der Waals surface area contributed by atoms with Gasteiger partial charge in [-0.1, -0.05) is 51.2 Å². The van der Waals surface area contributed by atoms with Gasteiger partial charge in [-0.15, -0.1) is 10.2 Å². The molecule has 0 bridgehead atoms. The third kappa shape index (κ3) is 5.13. The molecule has 2 aromatic rings. The minimum atomic E-state index is -0.319. The topological polar surface area (TPSA) is 84.0 Å². The Bertz CT molecular complexity index is 734. The van der Waals surface area contributed by atoms with E-state index in [1.807, 2.05) is 27.7 Å². The van der Waals surface area contributed by atoms with Gasteiger partial charge in [0.2, 0.25) is 11.0 Å². The van der Waals surface area contributed by atoms with Gasteiger partial charge >= 0.3 is 0 Å². The second-order valence-electron chi connectivity index (χ2n) is 6.64. The Morgan fingerprint density at radius 3 is 2.46 bits per heavy atom. The number of nitrogens with zero attached hydrogens (tertiary/aromatic N) is 2. The predicted molar refractivity (Wildman–Crippen MR) is 96.4 cm³/mol. The van der Waals surface area contributed by atoms with Gasteiger partial charge in [-0.05, 0) is 24.0 Å². The van der Waals surface area contributed by atoms with Gasteiger partial charge in [0.25, 0.3) is 5.91 Å². The van der Waals surface area contributed by atoms with Crippen LogP contribution in [0.5, 0.6) is 0 Å². The number of anilines is 2. The molecule has 0 radical (unpaired) electrons. The molecule has 0 aliphatic rings. The Hall–Kier alpha value is -2.28. The summed E-state index contributed by atoms with van der Waals surface area (Å²) in [4.78, 5) is 24.6. The van der Waals surface area contributed by atoms with Crippen LogP contribution in [0.15, 0.2) is 24.3 Å². The predicted octanol–water partition coefficient (Wildman–Crippen LogP) is 3.73. The van der Waals surface area contributed by atoms with Gasteiger partial charge in [-0.25, -0.2) is 0 Å². The van der Waals surface area contributed by atoms with Gasteiger partial charge < -0.3 is 5.32 Å². The Morgan fingerprint density at radius 2 is 1.83 bits per heavy atom. The molecule has 7 heteroatoms. The van der Waals surface area contributed by atoms with Gasteiger partial charge in [-0.2, -0.15) is 0 Å². The van der Waals surface area contributed by atoms with Crippen LogP contribution in [0.4, 0.5) is 10.8 Å². The third-order valence-electron chi connectivity index (χ3n) is 3.13. The summed E-state index contributed by atoms with van der Waals surface area (Å²) in [5.74, 6) is -0.438. The van der Waals surface area contributed by atoms with Gasteiger partial charge in [-0.3, -0.25) is 14.9 Å². The second-order valence-corrected chi connectivity index (χ2v) is 7.70. The number of aryl methyl sites for hydroxylation is 1. The van der Waals surface area contributed by atoms with Gasteiger partial charge in [0.05, 0.1) is 11.3 Å². The maximum Gasteiger partial charge on any atom is 0.259 e. The molecule has 2 rings (SSSR count). The van der Waals surface area contributed by atoms with E-state index >= 15 is 0 Å². The zero-order valence-corrected chi connectivity index (χ0v) is 15.2. The molecule has 0 saturated heterocycles. The van der Waals surface area contributed by atoms with Crippen LogP contribution < -0.4 is 10.6 Å². The fourth-order valence-electron chi connectivity index (χ4n) is 2.08. The first-order chi connectivity index (χ1) is 11.3. The van der Waals surface area contributed by atoms with E-state index in [2.05, 4.69) is 20.8 Å². The highest BCUT2D eigenvalue weighted by Gasteiger charge is 2.19. The molecule has 0 aliphatic carbocycles. The van der Waals surface area contributed by atoms with Crippen LogP contribution in [0.2, 0.25) is 0 Å². The fraction of sp³-hybridized carbons (Fsp3) is 0.412. The number of carbonyl (C=O) groups is 2. The molecule has 0 aliphatic heterocycles. The molecule has 128 valence electrons. The van der Waals surface area contributed by atoms with Gasteiger partial charge in [0.1, 0.15) is 5.01 Å². The average Bonchev–Trinajstić information content (AvgIpc) is 2.93. The van der Waals surface area contributed by atoms with Crippen molar-refractivity contribution in [2.24, 2.45) is 5.41 Å². The van der Waals surface area contributed by atoms with E-state index in [9.17, 15) is 9.59 Å². The molecule has 2 N–H and O–H groups in total. The minimum absolute atomic E-state index is 0.119. The quantitative estimate of drug-likeness (QED) is 0.864. The highest BCUT2D eigenvalue weighted by Crippen LogP contribution is 2.22. The second kappa shape index (κ2) is 7.53. The number of rotatable bonds is 5. The molecule has 2 amide bonds. The highest BCUT2D eigenvalue weighted by molar-refractivity contribution is 7.15. The number of amides is 2. The fourth-order valence-corrected chi connectivity index (χ4v) is 2.75. The van der Waals surface area contributed by atoms with Gasteiger partial charge in [0, 0.05) is 6.42 Å². The summed E-state index contributed by atoms with van der Waals surface area (Å²) < 4.78 is 0. The molecule has 6 nitrogen and oxygen atoms in total. The normalized spacial score (nSPS) is 11.2. The first-order valence-corrected chi connectivity index (χ1v) is 8.63. The number of hydrogen-bond donors (Lipinski definition) is 2. The zero-order valence-electron chi connectivity index (χ0n) is 14.3. The van der Waals surface area contributed by atoms with Crippen molar-refractivity contribution >= 4 is 34.0 Å². The van der Waals surface area contributed by atoms with E-state index in [4.69, 9.17) is 0 Å². The maximum absolute atomic E-state index is 12.5. The molecular formula is C17H22N4O2S. The molecule has 1 aromatic heterocycles. The van der Waals surface area contributed by atoms with E-state index in [0.717, 1.165) is 11.4 Å². The number of nitrogens with one attached hydrogen (secondary N) is 2. The zero-order chi connectivity index (χ0) is 17.7. The van der Waals surface area contributed by atoms with Crippen molar-refractivity contribution in [1.82, 2.24) is 10.2 Å². The van der Waals surface area contributed by atoms with Crippen molar-refractivity contribution < 1.29 is 9.59 Å². The summed E-state index contributed by atoms with van der Waals surface area (Å²) in [6.45, 7) is 7.95. The van der Waals surface area contributed by atoms with Crippen LogP contribution in [0.3, 0.4) is 0 Å². The van der Waals surface area contributed by atoms with E-state index in [0.29, 0.717) is 22.8 Å². The van der Waals surface area contributed by atoms with Crippen molar-refractivity contribution in [3.63, 3.8) is 0 Å². The molecule has 1 aromatic carbocycles. The lowest BCUT2D eigenvalue weighted by atomic mass is 9.92. The van der Waals surface area contributed by atoms with E-state index < -0.39 is 0 Å². The molecule has 1 heterocycles. The van der Waals surface area contributed by atoms with Crippen LogP contribution in [-0.2, 0) is 11.2 Å². The number of benzene rings is 1. The van der Waals surface area contributed by atoms with E-state index in [1.165, 1.54) is 11.3 Å². The average molecular weight is 346 g/mol. The Labute approximate surface area is 145 Å². The standard InChI is InChI=1S/C17H22N4O2S/c1-5-14-20-21-16(24-14)19-15(23)11-8-6-7-9-12(11)18-13(22)10-17(2,3)4/h6-9H,5,10H2,1-4H3,(H,18,22)(H,19,21,23). The number of aromatic nitrogens is 2. The molecule has 0 spiro atoms. The summed E-state index contributed by atoms with van der Waals surface area (Å²) in [5, 5.41) is 14.8. The van der Waals surface area contributed by atoms with E-state index in [1.54, 1.807) is 24.3 Å². The van der Waals surface area contributed by atoms with Crippen LogP contribution in [0, 0.1) is 5.41 Å². The van der Waals surface area contributed by atoms with Crippen molar-refractivity contribution in [2.45, 2.75) is 40.5 Å². The van der Waals surface area contributed by atoms with Crippen LogP contribution in [-0.4, -0.2) is 22.0 Å². The lowest BCUT2D eigenvalue weighted by Crippen LogP contribution is -2.22. The molecule has 0 fully saturated rings. The number of para-hydroxylation sites is 1. The molecule has 0 atom stereocenters. The van der Waals surface area contributed by atoms with Crippen molar-refractivity contribution in [1.29, 1.82) is 0 Å². The Morgan fingerprint density at radius 1 is 1.12 bits per heavy atom. The largest absolute Gasteiger partial charge is 0.325 e. The molecule has 0 unspecified atom stereocenters. The summed E-state index contributed by atoms with van der Waals surface area (Å²) in [6, 6.07) is 6.92. The first-order valence-electron chi connectivity index (χ1n) is 7.81. The summed E-state index contributed by atoms with van der Waals surface area (Å²) in [7, 11) is 0. The van der Waals surface area contributed by atoms with Crippen molar-refractivity contribution in [2.75, 3.05) is 10.6 Å². The minimum Gasteiger partial charge on any atom is -0.325 e. The van der Waals surface area contributed by atoms with E-state index in [-0.39, 0.29) is 17.2 Å². The maximum atomic E-state index is 12.5. The first kappa shape index (κ1) is 18.1. The summed E-state index contributed by atoms with van der Waals surface area (Å²) in [5.41, 5.74) is 0.766. The van der Waals surface area contributed by atoms with Crippen molar-refractivity contribution in [3.05, 3.63) is 34.8 Å². The number of carbonyl (C=O) groups excluding carboxylic acids is 2. The molecular weight excluding hydrogens is 324 g/mol. The Kier molecular flexibility index (Phi) is 5.66. The summed E-state index contributed by atoms with van der Waals surface area (Å²) in [6.07, 6.45) is 1.15. The molecule has 24 heavy (non-hydrogen) atoms. The lowest BCUT2D eigenvalue weighted by molar-refractivity contribution is -0.117. The third-order valence-corrected chi connectivity index (χ3v) is 4.11. The lowest BCUT2D eigenvalue weighted by Gasteiger charge is -2.18. The van der Waals surface area contributed by atoms with Crippen LogP contribution in [0.25, 0.3) is 0 Å². The van der Waals surface area contributed by atoms with Crippen LogP contribution in [0.1, 0.15) is 49.5 Å². The molecule has 0 saturated carbocycles. The van der Waals surface area contributed by atoms with Gasteiger partial charge in [0.15, 0.2) is 0 Å². The Balaban J connectivity index is 2.12. The highest BCUT2D eigenvalue weighted by atomic mass is 32.1. The monoisotopic (exact) mass is 346 g/mol. The smallest absolute Gasteiger partial charge is 0.259 e. The van der Waals surface area contributed by atoms with Crippen LogP contribution >= 0.6 is 11.3 Å². The summed E-state index contributed by atoms with van der Waals surface area (Å²) >= 11 is 1.34. The van der Waals surface area contributed by atoms with Crippen molar-refractivity contribution in [3.8, 4) is 0 Å². The SMILES string of the molecule is CCc1nnc(NC(=O)c2ccccc2NC(=O)CC(C)(C)C)s1.